The highest BCUT2D eigenvalue weighted by Gasteiger charge is 2.12. The molecule has 0 spiro atoms. The quantitative estimate of drug-likeness (QED) is 0.686. The molecule has 0 aromatic heterocycles. The minimum atomic E-state index is 0.0372. The van der Waals surface area contributed by atoms with E-state index in [0.29, 0.717) is 24.8 Å². The van der Waals surface area contributed by atoms with Crippen molar-refractivity contribution < 1.29 is 9.53 Å². The van der Waals surface area contributed by atoms with Gasteiger partial charge in [0.1, 0.15) is 0 Å². The lowest BCUT2D eigenvalue weighted by molar-refractivity contribution is -0.116. The van der Waals surface area contributed by atoms with Gasteiger partial charge in [-0.15, -0.1) is 0 Å². The zero-order valence-corrected chi connectivity index (χ0v) is 13.3. The lowest BCUT2D eigenvalue weighted by Gasteiger charge is -2.27. The Morgan fingerprint density at radius 2 is 2.05 bits per heavy atom. The predicted octanol–water partition coefficient (Wildman–Crippen LogP) is 2.34. The Morgan fingerprint density at radius 3 is 2.62 bits per heavy atom. The summed E-state index contributed by atoms with van der Waals surface area (Å²) in [6.45, 7) is 6.84. The van der Waals surface area contributed by atoms with E-state index in [1.807, 2.05) is 12.1 Å². The second-order valence-electron chi connectivity index (χ2n) is 5.21. The third-order valence-electron chi connectivity index (χ3n) is 3.48. The van der Waals surface area contributed by atoms with Crippen LogP contribution in [0.3, 0.4) is 0 Å². The van der Waals surface area contributed by atoms with Crippen LogP contribution in [0.15, 0.2) is 24.3 Å². The third-order valence-corrected chi connectivity index (χ3v) is 3.48. The van der Waals surface area contributed by atoms with E-state index in [0.717, 1.165) is 25.2 Å². The van der Waals surface area contributed by atoms with Crippen molar-refractivity contribution >= 4 is 17.3 Å². The summed E-state index contributed by atoms with van der Waals surface area (Å²) in [4.78, 5) is 14.2. The highest BCUT2D eigenvalue weighted by molar-refractivity contribution is 5.90. The molecule has 0 aliphatic heterocycles. The largest absolute Gasteiger partial charge is 0.399 e. The number of carbonyl (C=O) groups is 1. The first-order chi connectivity index (χ1) is 10.1. The molecule has 0 aliphatic carbocycles. The van der Waals surface area contributed by atoms with Crippen molar-refractivity contribution in [1.82, 2.24) is 4.90 Å². The van der Waals surface area contributed by atoms with Crippen LogP contribution in [0.1, 0.15) is 26.7 Å². The summed E-state index contributed by atoms with van der Waals surface area (Å²) in [5.41, 5.74) is 7.09. The Hall–Kier alpha value is -1.59. The van der Waals surface area contributed by atoms with E-state index in [1.165, 1.54) is 0 Å². The maximum absolute atomic E-state index is 11.9. The fourth-order valence-corrected chi connectivity index (χ4v) is 2.27. The molecule has 0 heterocycles. The van der Waals surface area contributed by atoms with Gasteiger partial charge in [0.25, 0.3) is 0 Å². The van der Waals surface area contributed by atoms with Crippen LogP contribution in [0, 0.1) is 0 Å². The number of methoxy groups -OCH3 is 1. The van der Waals surface area contributed by atoms with E-state index in [-0.39, 0.29) is 5.91 Å². The Labute approximate surface area is 127 Å². The number of amides is 1. The summed E-state index contributed by atoms with van der Waals surface area (Å²) in [5, 5.41) is 2.88. The van der Waals surface area contributed by atoms with Gasteiger partial charge < -0.3 is 15.8 Å². The van der Waals surface area contributed by atoms with Gasteiger partial charge in [-0.25, -0.2) is 0 Å². The van der Waals surface area contributed by atoms with Crippen molar-refractivity contribution in [2.75, 3.05) is 37.9 Å². The molecular formula is C16H27N3O2. The number of ether oxygens (including phenoxy) is 1. The first-order valence-electron chi connectivity index (χ1n) is 7.45. The molecule has 5 nitrogen and oxygen atoms in total. The second kappa shape index (κ2) is 9.37. The van der Waals surface area contributed by atoms with Crippen LogP contribution in [0.5, 0.6) is 0 Å². The summed E-state index contributed by atoms with van der Waals surface area (Å²) in [5.74, 6) is 0.0372. The standard InChI is InChI=1S/C16H27N3O2/c1-4-19(13(2)12-21-3)11-5-6-16(20)18-15-9-7-14(17)8-10-15/h7-10,13H,4-6,11-12,17H2,1-3H3,(H,18,20). The molecule has 0 bridgehead atoms. The summed E-state index contributed by atoms with van der Waals surface area (Å²) in [6, 6.07) is 7.56. The normalized spacial score (nSPS) is 12.4. The number of nitrogens with two attached hydrogens (primary N) is 1. The Bertz CT molecular complexity index is 420. The van der Waals surface area contributed by atoms with Crippen molar-refractivity contribution in [3.05, 3.63) is 24.3 Å². The monoisotopic (exact) mass is 293 g/mol. The zero-order valence-electron chi connectivity index (χ0n) is 13.3. The molecule has 118 valence electrons. The summed E-state index contributed by atoms with van der Waals surface area (Å²) >= 11 is 0. The Balaban J connectivity index is 2.30. The molecule has 5 heteroatoms. The minimum absolute atomic E-state index is 0.0372. The smallest absolute Gasteiger partial charge is 0.224 e. The van der Waals surface area contributed by atoms with E-state index < -0.39 is 0 Å². The van der Waals surface area contributed by atoms with Crippen molar-refractivity contribution in [2.24, 2.45) is 0 Å². The third kappa shape index (κ3) is 6.60. The highest BCUT2D eigenvalue weighted by Crippen LogP contribution is 2.11. The van der Waals surface area contributed by atoms with E-state index in [1.54, 1.807) is 19.2 Å². The maximum atomic E-state index is 11.9. The molecule has 3 N–H and O–H groups in total. The number of rotatable bonds is 9. The van der Waals surface area contributed by atoms with E-state index in [4.69, 9.17) is 10.5 Å². The number of nitrogens with one attached hydrogen (secondary N) is 1. The van der Waals surface area contributed by atoms with Crippen LogP contribution in [0.2, 0.25) is 0 Å². The average Bonchev–Trinajstić information content (AvgIpc) is 2.46. The van der Waals surface area contributed by atoms with E-state index in [2.05, 4.69) is 24.1 Å². The maximum Gasteiger partial charge on any atom is 0.224 e. The van der Waals surface area contributed by atoms with Gasteiger partial charge in [-0.3, -0.25) is 9.69 Å². The molecular weight excluding hydrogens is 266 g/mol. The van der Waals surface area contributed by atoms with Crippen LogP contribution in [0.25, 0.3) is 0 Å². The zero-order chi connectivity index (χ0) is 15.7. The molecule has 1 amide bonds. The number of hydrogen-bond donors (Lipinski definition) is 2. The van der Waals surface area contributed by atoms with Crippen LogP contribution < -0.4 is 11.1 Å². The van der Waals surface area contributed by atoms with Crippen LogP contribution in [-0.4, -0.2) is 43.7 Å². The topological polar surface area (TPSA) is 67.6 Å². The molecule has 1 rings (SSSR count). The molecule has 1 unspecified atom stereocenters. The molecule has 1 aromatic carbocycles. The van der Waals surface area contributed by atoms with Gasteiger partial charge in [-0.05, 0) is 50.7 Å². The van der Waals surface area contributed by atoms with Gasteiger partial charge in [0.2, 0.25) is 5.91 Å². The predicted molar refractivity (Wildman–Crippen MR) is 87.3 cm³/mol. The van der Waals surface area contributed by atoms with Crippen LogP contribution in [-0.2, 0) is 9.53 Å². The number of hydrogen-bond acceptors (Lipinski definition) is 4. The first-order valence-corrected chi connectivity index (χ1v) is 7.45. The molecule has 0 saturated heterocycles. The summed E-state index contributed by atoms with van der Waals surface area (Å²) in [7, 11) is 1.71. The van der Waals surface area contributed by atoms with Gasteiger partial charge in [0.15, 0.2) is 0 Å². The van der Waals surface area contributed by atoms with Crippen molar-refractivity contribution in [2.45, 2.75) is 32.7 Å². The lowest BCUT2D eigenvalue weighted by Crippen LogP contribution is -2.37. The van der Waals surface area contributed by atoms with Gasteiger partial charge in [0, 0.05) is 30.9 Å². The van der Waals surface area contributed by atoms with Gasteiger partial charge >= 0.3 is 0 Å². The fraction of sp³-hybridized carbons (Fsp3) is 0.562. The lowest BCUT2D eigenvalue weighted by atomic mass is 10.2. The van der Waals surface area contributed by atoms with Crippen molar-refractivity contribution in [3.63, 3.8) is 0 Å². The van der Waals surface area contributed by atoms with Gasteiger partial charge in [-0.1, -0.05) is 6.92 Å². The first kappa shape index (κ1) is 17.5. The minimum Gasteiger partial charge on any atom is -0.399 e. The van der Waals surface area contributed by atoms with Crippen molar-refractivity contribution in [3.8, 4) is 0 Å². The molecule has 0 fully saturated rings. The van der Waals surface area contributed by atoms with E-state index >= 15 is 0 Å². The molecule has 0 saturated carbocycles. The summed E-state index contributed by atoms with van der Waals surface area (Å²) < 4.78 is 5.17. The number of nitrogens with zero attached hydrogens (tertiary/aromatic N) is 1. The Kier molecular flexibility index (Phi) is 7.79. The van der Waals surface area contributed by atoms with Crippen LogP contribution >= 0.6 is 0 Å². The SMILES string of the molecule is CCN(CCCC(=O)Nc1ccc(N)cc1)C(C)COC. The van der Waals surface area contributed by atoms with Crippen molar-refractivity contribution in [1.29, 1.82) is 0 Å². The second-order valence-corrected chi connectivity index (χ2v) is 5.21. The number of anilines is 2. The number of nitrogen functional groups attached to an aromatic ring is 1. The summed E-state index contributed by atoms with van der Waals surface area (Å²) in [6.07, 6.45) is 1.35. The van der Waals surface area contributed by atoms with Gasteiger partial charge in [-0.2, -0.15) is 0 Å². The number of benzene rings is 1. The number of carbonyl (C=O) groups excluding carboxylic acids is 1. The average molecular weight is 293 g/mol. The molecule has 21 heavy (non-hydrogen) atoms. The Morgan fingerprint density at radius 1 is 1.38 bits per heavy atom. The molecule has 0 aliphatic rings. The van der Waals surface area contributed by atoms with Gasteiger partial charge in [0.05, 0.1) is 6.61 Å². The fourth-order valence-electron chi connectivity index (χ4n) is 2.27. The molecule has 1 aromatic rings. The molecule has 0 radical (unpaired) electrons. The highest BCUT2D eigenvalue weighted by atomic mass is 16.5. The van der Waals surface area contributed by atoms with E-state index in [9.17, 15) is 4.79 Å². The number of likely N-dealkylation sites (N-methyl/N-ethyl adjacent to an activating group) is 1. The van der Waals surface area contributed by atoms with Crippen LogP contribution in [0.4, 0.5) is 11.4 Å². The molecule has 1 atom stereocenters.